The van der Waals surface area contributed by atoms with Crippen LogP contribution in [-0.2, 0) is 0 Å². The molecule has 0 bridgehead atoms. The SMILES string of the molecule is FC(F)(F)Oc1ccc(-c2ccc3nnc(Cl)n3c2)cc1. The van der Waals surface area contributed by atoms with E-state index in [-0.39, 0.29) is 11.0 Å². The van der Waals surface area contributed by atoms with Crippen LogP contribution >= 0.6 is 11.6 Å². The lowest BCUT2D eigenvalue weighted by Gasteiger charge is -2.09. The zero-order valence-corrected chi connectivity index (χ0v) is 11.1. The summed E-state index contributed by atoms with van der Waals surface area (Å²) in [6.07, 6.45) is -2.99. The molecule has 3 aromatic rings. The zero-order chi connectivity index (χ0) is 15.0. The van der Waals surface area contributed by atoms with Crippen LogP contribution in [-0.4, -0.2) is 21.0 Å². The molecular formula is C13H7ClF3N3O. The minimum Gasteiger partial charge on any atom is -0.406 e. The summed E-state index contributed by atoms with van der Waals surface area (Å²) in [5.41, 5.74) is 2.07. The molecule has 0 saturated heterocycles. The molecule has 0 aliphatic carbocycles. The van der Waals surface area contributed by atoms with Crippen LogP contribution in [0.3, 0.4) is 0 Å². The van der Waals surface area contributed by atoms with E-state index < -0.39 is 6.36 Å². The van der Waals surface area contributed by atoms with Crippen LogP contribution in [0, 0.1) is 0 Å². The van der Waals surface area contributed by atoms with Crippen molar-refractivity contribution in [1.29, 1.82) is 0 Å². The molecule has 0 unspecified atom stereocenters. The van der Waals surface area contributed by atoms with Gasteiger partial charge in [0.15, 0.2) is 5.65 Å². The molecule has 21 heavy (non-hydrogen) atoms. The van der Waals surface area contributed by atoms with Gasteiger partial charge in [-0.3, -0.25) is 4.40 Å². The number of nitrogens with zero attached hydrogens (tertiary/aromatic N) is 3. The Hall–Kier alpha value is -2.28. The Labute approximate surface area is 121 Å². The highest BCUT2D eigenvalue weighted by molar-refractivity contribution is 6.28. The molecule has 1 aromatic carbocycles. The molecule has 0 aliphatic rings. The largest absolute Gasteiger partial charge is 0.573 e. The summed E-state index contributed by atoms with van der Waals surface area (Å²) in [5, 5.41) is 7.77. The van der Waals surface area contributed by atoms with Crippen molar-refractivity contribution in [2.45, 2.75) is 6.36 Å². The molecule has 0 radical (unpaired) electrons. The number of pyridine rings is 1. The van der Waals surface area contributed by atoms with Gasteiger partial charge in [0, 0.05) is 6.20 Å². The maximum atomic E-state index is 12.1. The van der Waals surface area contributed by atoms with Crippen molar-refractivity contribution in [3.8, 4) is 16.9 Å². The topological polar surface area (TPSA) is 39.4 Å². The van der Waals surface area contributed by atoms with Gasteiger partial charge in [0.25, 0.3) is 0 Å². The first-order chi connectivity index (χ1) is 9.92. The molecule has 108 valence electrons. The average molecular weight is 314 g/mol. The van der Waals surface area contributed by atoms with Crippen molar-refractivity contribution in [3.05, 3.63) is 47.9 Å². The van der Waals surface area contributed by atoms with Crippen LogP contribution < -0.4 is 4.74 Å². The number of hydrogen-bond donors (Lipinski definition) is 0. The summed E-state index contributed by atoms with van der Waals surface area (Å²) < 4.78 is 41.7. The minimum atomic E-state index is -4.70. The van der Waals surface area contributed by atoms with Gasteiger partial charge in [-0.05, 0) is 47.0 Å². The van der Waals surface area contributed by atoms with E-state index in [1.807, 2.05) is 0 Å². The summed E-state index contributed by atoms with van der Waals surface area (Å²) in [7, 11) is 0. The van der Waals surface area contributed by atoms with E-state index in [0.717, 1.165) is 11.1 Å². The van der Waals surface area contributed by atoms with E-state index in [4.69, 9.17) is 11.6 Å². The third-order valence-electron chi connectivity index (χ3n) is 2.78. The van der Waals surface area contributed by atoms with Gasteiger partial charge >= 0.3 is 6.36 Å². The maximum absolute atomic E-state index is 12.1. The molecule has 0 amide bonds. The summed E-state index contributed by atoms with van der Waals surface area (Å²) in [4.78, 5) is 0. The summed E-state index contributed by atoms with van der Waals surface area (Å²) in [5.74, 6) is -0.269. The Morgan fingerprint density at radius 3 is 2.29 bits per heavy atom. The summed E-state index contributed by atoms with van der Waals surface area (Å²) >= 11 is 5.87. The maximum Gasteiger partial charge on any atom is 0.573 e. The summed E-state index contributed by atoms with van der Waals surface area (Å²) in [6.45, 7) is 0. The highest BCUT2D eigenvalue weighted by Gasteiger charge is 2.30. The smallest absolute Gasteiger partial charge is 0.406 e. The number of aromatic nitrogens is 3. The molecule has 0 spiro atoms. The van der Waals surface area contributed by atoms with Gasteiger partial charge in [-0.15, -0.1) is 23.4 Å². The van der Waals surface area contributed by atoms with Crippen molar-refractivity contribution in [1.82, 2.24) is 14.6 Å². The monoisotopic (exact) mass is 313 g/mol. The fourth-order valence-electron chi connectivity index (χ4n) is 1.88. The molecule has 0 fully saturated rings. The van der Waals surface area contributed by atoms with Gasteiger partial charge in [-0.25, -0.2) is 0 Å². The standard InChI is InChI=1S/C13H7ClF3N3O/c14-12-19-18-11-6-3-9(7-20(11)12)8-1-4-10(5-2-8)21-13(15,16)17/h1-7H. The Morgan fingerprint density at radius 1 is 0.952 bits per heavy atom. The predicted molar refractivity (Wildman–Crippen MR) is 70.1 cm³/mol. The van der Waals surface area contributed by atoms with Crippen LogP contribution in [0.5, 0.6) is 5.75 Å². The lowest BCUT2D eigenvalue weighted by molar-refractivity contribution is -0.274. The van der Waals surface area contributed by atoms with Gasteiger partial charge < -0.3 is 4.74 Å². The van der Waals surface area contributed by atoms with Gasteiger partial charge in [-0.1, -0.05) is 12.1 Å². The number of alkyl halides is 3. The highest BCUT2D eigenvalue weighted by atomic mass is 35.5. The van der Waals surface area contributed by atoms with Crippen molar-refractivity contribution in [2.75, 3.05) is 0 Å². The first-order valence-electron chi connectivity index (χ1n) is 5.79. The fraction of sp³-hybridized carbons (Fsp3) is 0.0769. The Bertz CT molecular complexity index is 783. The number of rotatable bonds is 2. The molecule has 0 N–H and O–H groups in total. The number of ether oxygens (including phenoxy) is 1. The zero-order valence-electron chi connectivity index (χ0n) is 10.3. The van der Waals surface area contributed by atoms with Crippen molar-refractivity contribution >= 4 is 17.2 Å². The Balaban J connectivity index is 1.93. The molecule has 8 heteroatoms. The predicted octanol–water partition coefficient (Wildman–Crippen LogP) is 3.95. The highest BCUT2D eigenvalue weighted by Crippen LogP contribution is 2.27. The van der Waals surface area contributed by atoms with Crippen LogP contribution in [0.2, 0.25) is 5.28 Å². The third-order valence-corrected chi connectivity index (χ3v) is 3.04. The van der Waals surface area contributed by atoms with E-state index >= 15 is 0 Å². The second-order valence-electron chi connectivity index (χ2n) is 4.19. The Kier molecular flexibility index (Phi) is 3.21. The molecule has 3 rings (SSSR count). The fourth-order valence-corrected chi connectivity index (χ4v) is 2.06. The van der Waals surface area contributed by atoms with Gasteiger partial charge in [-0.2, -0.15) is 0 Å². The number of fused-ring (bicyclic) bond motifs is 1. The summed E-state index contributed by atoms with van der Waals surface area (Å²) in [6, 6.07) is 9.05. The van der Waals surface area contributed by atoms with E-state index in [1.54, 1.807) is 22.7 Å². The average Bonchev–Trinajstić information content (AvgIpc) is 2.79. The van der Waals surface area contributed by atoms with Crippen molar-refractivity contribution in [3.63, 3.8) is 0 Å². The molecular weight excluding hydrogens is 307 g/mol. The molecule has 4 nitrogen and oxygen atoms in total. The quantitative estimate of drug-likeness (QED) is 0.719. The van der Waals surface area contributed by atoms with E-state index in [9.17, 15) is 13.2 Å². The molecule has 2 heterocycles. The molecule has 2 aromatic heterocycles. The first-order valence-corrected chi connectivity index (χ1v) is 6.17. The Morgan fingerprint density at radius 2 is 1.62 bits per heavy atom. The molecule has 0 saturated carbocycles. The van der Waals surface area contributed by atoms with Crippen molar-refractivity contribution < 1.29 is 17.9 Å². The number of halogens is 4. The third kappa shape index (κ3) is 2.92. The van der Waals surface area contributed by atoms with E-state index in [1.165, 1.54) is 24.3 Å². The van der Waals surface area contributed by atoms with Gasteiger partial charge in [0.05, 0.1) is 0 Å². The number of benzene rings is 1. The number of hydrogen-bond acceptors (Lipinski definition) is 3. The lowest BCUT2D eigenvalue weighted by atomic mass is 10.1. The van der Waals surface area contributed by atoms with Crippen LogP contribution in [0.25, 0.3) is 16.8 Å². The van der Waals surface area contributed by atoms with Gasteiger partial charge in [0.2, 0.25) is 5.28 Å². The van der Waals surface area contributed by atoms with E-state index in [2.05, 4.69) is 14.9 Å². The normalized spacial score (nSPS) is 11.8. The molecule has 0 atom stereocenters. The van der Waals surface area contributed by atoms with Crippen LogP contribution in [0.15, 0.2) is 42.6 Å². The van der Waals surface area contributed by atoms with Crippen LogP contribution in [0.4, 0.5) is 13.2 Å². The molecule has 0 aliphatic heterocycles. The second-order valence-corrected chi connectivity index (χ2v) is 4.53. The second kappa shape index (κ2) is 4.92. The first kappa shape index (κ1) is 13.7. The van der Waals surface area contributed by atoms with E-state index in [0.29, 0.717) is 5.65 Å². The lowest BCUT2D eigenvalue weighted by Crippen LogP contribution is -2.16. The van der Waals surface area contributed by atoms with Crippen LogP contribution in [0.1, 0.15) is 0 Å². The minimum absolute atomic E-state index is 0.212. The van der Waals surface area contributed by atoms with Gasteiger partial charge in [0.1, 0.15) is 5.75 Å². The van der Waals surface area contributed by atoms with Crippen molar-refractivity contribution in [2.24, 2.45) is 0 Å².